The Morgan fingerprint density at radius 3 is 2.47 bits per heavy atom. The third-order valence-corrected chi connectivity index (χ3v) is 8.75. The normalized spacial score (nSPS) is 30.6. The van der Waals surface area contributed by atoms with Crippen molar-refractivity contribution in [3.8, 4) is 5.75 Å². The minimum Gasteiger partial charge on any atom is -0.486 e. The standard InChI is InChI=1S/C26H32FN3O4/c27-19-11-18-16(14-30(26(18)33)21-8-9-24(31)28-25(21)32)10-23(19)34-22-7-2-1-6-20(22)29-12-17(13-29)15-4-3-5-15/h10-11,15,17,20-22H,1-9,12-14H2,(H,28,31,32)/t20?,21?,22-/m1/s1. The van der Waals surface area contributed by atoms with Crippen molar-refractivity contribution in [3.63, 3.8) is 0 Å². The molecule has 6 rings (SSSR count). The van der Waals surface area contributed by atoms with Gasteiger partial charge in [-0.2, -0.15) is 0 Å². The summed E-state index contributed by atoms with van der Waals surface area (Å²) < 4.78 is 21.4. The van der Waals surface area contributed by atoms with Gasteiger partial charge in [-0.1, -0.05) is 25.7 Å². The van der Waals surface area contributed by atoms with Gasteiger partial charge in [-0.3, -0.25) is 24.6 Å². The number of carbonyl (C=O) groups is 3. The maximum absolute atomic E-state index is 15.1. The molecular weight excluding hydrogens is 437 g/mol. The summed E-state index contributed by atoms with van der Waals surface area (Å²) in [7, 11) is 0. The van der Waals surface area contributed by atoms with Gasteiger partial charge < -0.3 is 9.64 Å². The molecule has 3 heterocycles. The van der Waals surface area contributed by atoms with Crippen LogP contribution in [0.4, 0.5) is 4.39 Å². The molecule has 2 saturated heterocycles. The Morgan fingerprint density at radius 2 is 1.74 bits per heavy atom. The van der Waals surface area contributed by atoms with Crippen molar-refractivity contribution in [3.05, 3.63) is 29.1 Å². The highest BCUT2D eigenvalue weighted by molar-refractivity contribution is 6.05. The number of carbonyl (C=O) groups excluding carboxylic acids is 3. The van der Waals surface area contributed by atoms with Crippen LogP contribution in [0.1, 0.15) is 73.7 Å². The van der Waals surface area contributed by atoms with Crippen LogP contribution in [0.2, 0.25) is 0 Å². The summed E-state index contributed by atoms with van der Waals surface area (Å²) in [5.74, 6) is 0.232. The molecule has 8 heteroatoms. The average molecular weight is 470 g/mol. The number of hydrogen-bond donors (Lipinski definition) is 1. The van der Waals surface area contributed by atoms with Gasteiger partial charge in [0.25, 0.3) is 5.91 Å². The molecule has 182 valence electrons. The summed E-state index contributed by atoms with van der Waals surface area (Å²) in [5, 5.41) is 2.30. The summed E-state index contributed by atoms with van der Waals surface area (Å²) in [5.41, 5.74) is 0.952. The lowest BCUT2D eigenvalue weighted by Gasteiger charge is -2.52. The van der Waals surface area contributed by atoms with Crippen LogP contribution in [0.5, 0.6) is 5.75 Å². The fourth-order valence-corrected chi connectivity index (χ4v) is 6.48. The van der Waals surface area contributed by atoms with E-state index in [1.165, 1.54) is 36.6 Å². The number of fused-ring (bicyclic) bond motifs is 1. The summed E-state index contributed by atoms with van der Waals surface area (Å²) in [6.07, 6.45) is 8.80. The molecule has 3 atom stereocenters. The van der Waals surface area contributed by atoms with Crippen molar-refractivity contribution in [2.75, 3.05) is 13.1 Å². The number of piperidine rings is 1. The van der Waals surface area contributed by atoms with Gasteiger partial charge in [0.15, 0.2) is 11.6 Å². The second-order valence-corrected chi connectivity index (χ2v) is 10.8. The summed E-state index contributed by atoms with van der Waals surface area (Å²) in [6.45, 7) is 2.49. The van der Waals surface area contributed by atoms with E-state index in [2.05, 4.69) is 10.2 Å². The van der Waals surface area contributed by atoms with Crippen molar-refractivity contribution in [2.45, 2.75) is 82.5 Å². The number of amides is 3. The number of rotatable bonds is 5. The van der Waals surface area contributed by atoms with E-state index in [1.54, 1.807) is 6.07 Å². The number of benzene rings is 1. The van der Waals surface area contributed by atoms with Crippen molar-refractivity contribution in [1.82, 2.24) is 15.1 Å². The van der Waals surface area contributed by atoms with Crippen molar-refractivity contribution in [2.24, 2.45) is 11.8 Å². The van der Waals surface area contributed by atoms with E-state index in [0.717, 1.165) is 44.2 Å². The third kappa shape index (κ3) is 3.80. The number of hydrogen-bond acceptors (Lipinski definition) is 5. The molecule has 3 aliphatic heterocycles. The van der Waals surface area contributed by atoms with Gasteiger partial charge in [0, 0.05) is 37.7 Å². The first-order valence-corrected chi connectivity index (χ1v) is 12.9. The van der Waals surface area contributed by atoms with Crippen LogP contribution in [-0.4, -0.2) is 58.8 Å². The highest BCUT2D eigenvalue weighted by Crippen LogP contribution is 2.41. The number of nitrogens with one attached hydrogen (secondary N) is 1. The van der Waals surface area contributed by atoms with Gasteiger partial charge in [0.1, 0.15) is 12.1 Å². The number of nitrogens with zero attached hydrogens (tertiary/aromatic N) is 2. The van der Waals surface area contributed by atoms with Gasteiger partial charge in [-0.15, -0.1) is 0 Å². The van der Waals surface area contributed by atoms with E-state index >= 15 is 4.39 Å². The fourth-order valence-electron chi connectivity index (χ4n) is 6.48. The molecular formula is C26H32FN3O4. The molecule has 5 aliphatic rings. The van der Waals surface area contributed by atoms with Crippen LogP contribution in [0, 0.1) is 17.7 Å². The first-order chi connectivity index (χ1) is 16.5. The Morgan fingerprint density at radius 1 is 0.941 bits per heavy atom. The van der Waals surface area contributed by atoms with E-state index < -0.39 is 17.8 Å². The van der Waals surface area contributed by atoms with Crippen molar-refractivity contribution >= 4 is 17.7 Å². The zero-order valence-corrected chi connectivity index (χ0v) is 19.4. The van der Waals surface area contributed by atoms with E-state index in [1.807, 2.05) is 0 Å². The number of ether oxygens (including phenoxy) is 1. The number of halogens is 1. The lowest BCUT2D eigenvalue weighted by Crippen LogP contribution is -2.60. The van der Waals surface area contributed by atoms with Gasteiger partial charge in [0.2, 0.25) is 11.8 Å². The van der Waals surface area contributed by atoms with E-state index in [-0.39, 0.29) is 48.6 Å². The maximum atomic E-state index is 15.1. The predicted molar refractivity (Wildman–Crippen MR) is 122 cm³/mol. The third-order valence-electron chi connectivity index (χ3n) is 8.75. The Bertz CT molecular complexity index is 1020. The number of likely N-dealkylation sites (tertiary alicyclic amines) is 1. The van der Waals surface area contributed by atoms with E-state index in [0.29, 0.717) is 11.6 Å². The second kappa shape index (κ2) is 8.63. The molecule has 0 bridgehead atoms. The van der Waals surface area contributed by atoms with Crippen LogP contribution < -0.4 is 10.1 Å². The molecule has 1 aromatic carbocycles. The van der Waals surface area contributed by atoms with Crippen LogP contribution in [-0.2, 0) is 16.1 Å². The Kier molecular flexibility index (Phi) is 5.59. The maximum Gasteiger partial charge on any atom is 0.255 e. The largest absolute Gasteiger partial charge is 0.486 e. The van der Waals surface area contributed by atoms with Crippen molar-refractivity contribution < 1.29 is 23.5 Å². The molecule has 0 radical (unpaired) electrons. The summed E-state index contributed by atoms with van der Waals surface area (Å²) in [4.78, 5) is 40.7. The highest BCUT2D eigenvalue weighted by Gasteiger charge is 2.43. The SMILES string of the molecule is O=C1CCC(N2Cc3cc(O[C@@H]4CCCCC4N4CC(C5CCC5)C4)c(F)cc3C2=O)C(=O)N1. The molecule has 1 aromatic rings. The first kappa shape index (κ1) is 22.0. The molecule has 2 unspecified atom stereocenters. The second-order valence-electron chi connectivity index (χ2n) is 10.8. The zero-order chi connectivity index (χ0) is 23.4. The Hall–Kier alpha value is -2.48. The van der Waals surface area contributed by atoms with Crippen LogP contribution in [0.25, 0.3) is 0 Å². The molecule has 2 aliphatic carbocycles. The lowest BCUT2D eigenvalue weighted by molar-refractivity contribution is -0.136. The molecule has 3 amide bonds. The zero-order valence-electron chi connectivity index (χ0n) is 19.4. The molecule has 1 N–H and O–H groups in total. The van der Waals surface area contributed by atoms with Crippen molar-refractivity contribution in [1.29, 1.82) is 0 Å². The monoisotopic (exact) mass is 469 g/mol. The van der Waals surface area contributed by atoms with Crippen LogP contribution >= 0.6 is 0 Å². The van der Waals surface area contributed by atoms with E-state index in [4.69, 9.17) is 4.74 Å². The quantitative estimate of drug-likeness (QED) is 0.671. The topological polar surface area (TPSA) is 79.0 Å². The van der Waals surface area contributed by atoms with Gasteiger partial charge in [0.05, 0.1) is 0 Å². The molecule has 2 saturated carbocycles. The minimum atomic E-state index is -0.706. The average Bonchev–Trinajstić information content (AvgIpc) is 3.05. The summed E-state index contributed by atoms with van der Waals surface area (Å²) >= 11 is 0. The molecule has 7 nitrogen and oxygen atoms in total. The molecule has 0 aromatic heterocycles. The smallest absolute Gasteiger partial charge is 0.255 e. The first-order valence-electron chi connectivity index (χ1n) is 12.9. The molecule has 34 heavy (non-hydrogen) atoms. The van der Waals surface area contributed by atoms with Crippen LogP contribution in [0.15, 0.2) is 12.1 Å². The molecule has 4 fully saturated rings. The van der Waals surface area contributed by atoms with Gasteiger partial charge >= 0.3 is 0 Å². The van der Waals surface area contributed by atoms with E-state index in [9.17, 15) is 14.4 Å². The fraction of sp³-hybridized carbons (Fsp3) is 0.654. The Balaban J connectivity index is 1.15. The summed E-state index contributed by atoms with van der Waals surface area (Å²) in [6, 6.07) is 2.52. The number of imide groups is 1. The van der Waals surface area contributed by atoms with Gasteiger partial charge in [-0.05, 0) is 55.2 Å². The highest BCUT2D eigenvalue weighted by atomic mass is 19.1. The minimum absolute atomic E-state index is 0.0491. The predicted octanol–water partition coefficient (Wildman–Crippen LogP) is 3.01. The van der Waals surface area contributed by atoms with Gasteiger partial charge in [-0.25, -0.2) is 4.39 Å². The Labute approximate surface area is 199 Å². The molecule has 0 spiro atoms. The van der Waals surface area contributed by atoms with Crippen LogP contribution in [0.3, 0.4) is 0 Å². The lowest BCUT2D eigenvalue weighted by atomic mass is 9.71.